The Hall–Kier alpha value is -1.62. The SMILES string of the molecule is Cc1cc(C)c(C(=N)N)c(OCCN(C(C)C)C(C)C)n1. The van der Waals surface area contributed by atoms with Crippen LogP contribution in [-0.4, -0.2) is 41.0 Å². The second kappa shape index (κ2) is 7.41. The first kappa shape index (κ1) is 17.4. The number of nitrogens with two attached hydrogens (primary N) is 1. The number of hydrogen-bond acceptors (Lipinski definition) is 4. The van der Waals surface area contributed by atoms with Crippen LogP contribution in [0.1, 0.15) is 44.5 Å². The second-order valence-electron chi connectivity index (χ2n) is 5.95. The number of nitrogen functional groups attached to an aromatic ring is 1. The van der Waals surface area contributed by atoms with Crippen molar-refractivity contribution in [1.29, 1.82) is 5.41 Å². The van der Waals surface area contributed by atoms with Crippen LogP contribution in [0.2, 0.25) is 0 Å². The molecule has 0 amide bonds. The molecule has 5 nitrogen and oxygen atoms in total. The fourth-order valence-corrected chi connectivity index (χ4v) is 2.59. The van der Waals surface area contributed by atoms with E-state index < -0.39 is 0 Å². The smallest absolute Gasteiger partial charge is 0.225 e. The van der Waals surface area contributed by atoms with Crippen molar-refractivity contribution in [3.05, 3.63) is 22.9 Å². The molecular formula is C16H28N4O. The molecule has 0 aliphatic carbocycles. The van der Waals surface area contributed by atoms with E-state index in [1.807, 2.05) is 19.9 Å². The summed E-state index contributed by atoms with van der Waals surface area (Å²) in [6, 6.07) is 2.85. The zero-order chi connectivity index (χ0) is 16.2. The number of aromatic nitrogens is 1. The summed E-state index contributed by atoms with van der Waals surface area (Å²) in [5.74, 6) is 0.465. The van der Waals surface area contributed by atoms with E-state index >= 15 is 0 Å². The van der Waals surface area contributed by atoms with Crippen molar-refractivity contribution in [3.8, 4) is 5.88 Å². The normalized spacial score (nSPS) is 11.5. The summed E-state index contributed by atoms with van der Waals surface area (Å²) in [5, 5.41) is 7.69. The Bertz CT molecular complexity index is 489. The summed E-state index contributed by atoms with van der Waals surface area (Å²) in [6.07, 6.45) is 0. The maximum atomic E-state index is 7.69. The van der Waals surface area contributed by atoms with Gasteiger partial charge in [0.15, 0.2) is 0 Å². The Labute approximate surface area is 128 Å². The number of amidine groups is 1. The molecule has 0 aliphatic heterocycles. The summed E-state index contributed by atoms with van der Waals surface area (Å²) in [7, 11) is 0. The van der Waals surface area contributed by atoms with Gasteiger partial charge in [0.2, 0.25) is 5.88 Å². The zero-order valence-electron chi connectivity index (χ0n) is 14.0. The Morgan fingerprint density at radius 2 is 1.86 bits per heavy atom. The molecule has 0 aromatic carbocycles. The van der Waals surface area contributed by atoms with Crippen LogP contribution in [0.25, 0.3) is 0 Å². The summed E-state index contributed by atoms with van der Waals surface area (Å²) in [5.41, 5.74) is 8.04. The van der Waals surface area contributed by atoms with E-state index in [1.54, 1.807) is 0 Å². The fourth-order valence-electron chi connectivity index (χ4n) is 2.59. The summed E-state index contributed by atoms with van der Waals surface area (Å²) >= 11 is 0. The molecule has 0 atom stereocenters. The lowest BCUT2D eigenvalue weighted by atomic mass is 10.1. The minimum atomic E-state index is -0.000393. The van der Waals surface area contributed by atoms with Gasteiger partial charge in [0, 0.05) is 24.3 Å². The number of aryl methyl sites for hydroxylation is 2. The average molecular weight is 292 g/mol. The van der Waals surface area contributed by atoms with Gasteiger partial charge in [0.1, 0.15) is 12.4 Å². The highest BCUT2D eigenvalue weighted by molar-refractivity contribution is 5.98. The van der Waals surface area contributed by atoms with Gasteiger partial charge in [0.05, 0.1) is 5.56 Å². The van der Waals surface area contributed by atoms with Gasteiger partial charge in [0.25, 0.3) is 0 Å². The molecule has 5 heteroatoms. The predicted molar refractivity (Wildman–Crippen MR) is 87.2 cm³/mol. The lowest BCUT2D eigenvalue weighted by Gasteiger charge is -2.30. The molecule has 0 aliphatic rings. The highest BCUT2D eigenvalue weighted by atomic mass is 16.5. The molecule has 0 saturated heterocycles. The monoisotopic (exact) mass is 292 g/mol. The van der Waals surface area contributed by atoms with E-state index in [1.165, 1.54) is 0 Å². The van der Waals surface area contributed by atoms with Crippen LogP contribution in [0, 0.1) is 19.3 Å². The van der Waals surface area contributed by atoms with Gasteiger partial charge >= 0.3 is 0 Å². The average Bonchev–Trinajstić information content (AvgIpc) is 2.31. The highest BCUT2D eigenvalue weighted by Gasteiger charge is 2.16. The Kier molecular flexibility index (Phi) is 6.15. The highest BCUT2D eigenvalue weighted by Crippen LogP contribution is 2.20. The third-order valence-electron chi connectivity index (χ3n) is 3.50. The van der Waals surface area contributed by atoms with Crippen molar-refractivity contribution in [2.75, 3.05) is 13.2 Å². The molecule has 0 bridgehead atoms. The van der Waals surface area contributed by atoms with Crippen LogP contribution >= 0.6 is 0 Å². The van der Waals surface area contributed by atoms with Crippen molar-refractivity contribution < 1.29 is 4.74 Å². The van der Waals surface area contributed by atoms with Crippen LogP contribution in [-0.2, 0) is 0 Å². The zero-order valence-corrected chi connectivity index (χ0v) is 14.0. The summed E-state index contributed by atoms with van der Waals surface area (Å²) in [6.45, 7) is 13.9. The number of hydrogen-bond donors (Lipinski definition) is 2. The van der Waals surface area contributed by atoms with Crippen molar-refractivity contribution >= 4 is 5.84 Å². The van der Waals surface area contributed by atoms with Gasteiger partial charge in [-0.15, -0.1) is 0 Å². The molecule has 0 spiro atoms. The molecule has 1 rings (SSSR count). The van der Waals surface area contributed by atoms with E-state index in [-0.39, 0.29) is 5.84 Å². The number of rotatable bonds is 7. The minimum absolute atomic E-state index is 0.000393. The molecule has 21 heavy (non-hydrogen) atoms. The van der Waals surface area contributed by atoms with Gasteiger partial charge in [-0.1, -0.05) is 0 Å². The number of nitrogens with one attached hydrogen (secondary N) is 1. The Balaban J connectivity index is 2.82. The van der Waals surface area contributed by atoms with Gasteiger partial charge < -0.3 is 10.5 Å². The first-order valence-corrected chi connectivity index (χ1v) is 7.45. The van der Waals surface area contributed by atoms with Crippen molar-refractivity contribution in [2.45, 2.75) is 53.6 Å². The standard InChI is InChI=1S/C16H28N4O/c1-10(2)20(11(3)4)7-8-21-16-14(15(17)18)12(5)9-13(6)19-16/h9-11H,7-8H2,1-6H3,(H3,17,18). The molecular weight excluding hydrogens is 264 g/mol. The fraction of sp³-hybridized carbons (Fsp3) is 0.625. The first-order chi connectivity index (χ1) is 9.73. The van der Waals surface area contributed by atoms with Crippen LogP contribution in [0.4, 0.5) is 0 Å². The van der Waals surface area contributed by atoms with Crippen molar-refractivity contribution in [2.24, 2.45) is 5.73 Å². The van der Waals surface area contributed by atoms with E-state index in [0.717, 1.165) is 17.8 Å². The third-order valence-corrected chi connectivity index (χ3v) is 3.50. The Morgan fingerprint density at radius 1 is 1.29 bits per heavy atom. The molecule has 1 aromatic heterocycles. The lowest BCUT2D eigenvalue weighted by molar-refractivity contribution is 0.140. The van der Waals surface area contributed by atoms with E-state index in [0.29, 0.717) is 30.1 Å². The molecule has 1 aromatic rings. The van der Waals surface area contributed by atoms with Gasteiger partial charge in [-0.3, -0.25) is 10.3 Å². The van der Waals surface area contributed by atoms with Gasteiger partial charge in [-0.2, -0.15) is 0 Å². The summed E-state index contributed by atoms with van der Waals surface area (Å²) in [4.78, 5) is 6.74. The maximum absolute atomic E-state index is 7.69. The quantitative estimate of drug-likeness (QED) is 0.598. The minimum Gasteiger partial charge on any atom is -0.476 e. The van der Waals surface area contributed by atoms with Crippen LogP contribution in [0.5, 0.6) is 5.88 Å². The number of nitrogens with zero attached hydrogens (tertiary/aromatic N) is 2. The van der Waals surface area contributed by atoms with E-state index in [2.05, 4.69) is 37.6 Å². The maximum Gasteiger partial charge on any atom is 0.225 e. The van der Waals surface area contributed by atoms with Crippen LogP contribution in [0.3, 0.4) is 0 Å². The van der Waals surface area contributed by atoms with Crippen LogP contribution in [0.15, 0.2) is 6.07 Å². The Morgan fingerprint density at radius 3 is 2.33 bits per heavy atom. The number of pyridine rings is 1. The molecule has 118 valence electrons. The molecule has 0 saturated carbocycles. The first-order valence-electron chi connectivity index (χ1n) is 7.45. The van der Waals surface area contributed by atoms with E-state index in [4.69, 9.17) is 15.9 Å². The van der Waals surface area contributed by atoms with Gasteiger partial charge in [-0.05, 0) is 53.2 Å². The molecule has 1 heterocycles. The van der Waals surface area contributed by atoms with Crippen molar-refractivity contribution in [3.63, 3.8) is 0 Å². The van der Waals surface area contributed by atoms with Crippen LogP contribution < -0.4 is 10.5 Å². The van der Waals surface area contributed by atoms with Gasteiger partial charge in [-0.25, -0.2) is 4.98 Å². The summed E-state index contributed by atoms with van der Waals surface area (Å²) < 4.78 is 5.82. The topological polar surface area (TPSA) is 75.2 Å². The largest absolute Gasteiger partial charge is 0.476 e. The molecule has 0 radical (unpaired) electrons. The number of ether oxygens (including phenoxy) is 1. The molecule has 0 fully saturated rings. The predicted octanol–water partition coefficient (Wildman–Crippen LogP) is 2.48. The third kappa shape index (κ3) is 4.70. The second-order valence-corrected chi connectivity index (χ2v) is 5.95. The lowest BCUT2D eigenvalue weighted by Crippen LogP contribution is -2.39. The molecule has 3 N–H and O–H groups in total. The van der Waals surface area contributed by atoms with Crippen molar-refractivity contribution in [1.82, 2.24) is 9.88 Å². The van der Waals surface area contributed by atoms with E-state index in [9.17, 15) is 0 Å². The molecule has 0 unspecified atom stereocenters.